The zero-order valence-electron chi connectivity index (χ0n) is 12.2. The van der Waals surface area contributed by atoms with Gasteiger partial charge in [-0.05, 0) is 32.0 Å². The van der Waals surface area contributed by atoms with Crippen molar-refractivity contribution in [3.8, 4) is 11.6 Å². The Morgan fingerprint density at radius 2 is 1.95 bits per heavy atom. The van der Waals surface area contributed by atoms with Gasteiger partial charge in [-0.25, -0.2) is 10.4 Å². The highest BCUT2D eigenvalue weighted by Crippen LogP contribution is 2.39. The number of halogens is 2. The maximum Gasteiger partial charge on any atom is 0.219 e. The van der Waals surface area contributed by atoms with Crippen LogP contribution in [0.3, 0.4) is 0 Å². The number of benzene rings is 1. The fourth-order valence-electron chi connectivity index (χ4n) is 2.16. The molecule has 0 aliphatic carbocycles. The second kappa shape index (κ2) is 5.93. The van der Waals surface area contributed by atoms with Crippen LogP contribution in [0.5, 0.6) is 11.6 Å². The van der Waals surface area contributed by atoms with Gasteiger partial charge in [0.2, 0.25) is 5.88 Å². The summed E-state index contributed by atoms with van der Waals surface area (Å²) >= 11 is 12.6. The number of hydrazine groups is 1. The van der Waals surface area contributed by atoms with Crippen LogP contribution in [0.15, 0.2) is 36.5 Å². The van der Waals surface area contributed by atoms with Crippen LogP contribution in [0.2, 0.25) is 10.0 Å². The summed E-state index contributed by atoms with van der Waals surface area (Å²) in [5, 5.41) is 6.13. The molecule has 1 aliphatic rings. The minimum Gasteiger partial charge on any atom is -0.436 e. The molecule has 1 aliphatic heterocycles. The van der Waals surface area contributed by atoms with Crippen molar-refractivity contribution in [1.29, 1.82) is 0 Å². The van der Waals surface area contributed by atoms with Gasteiger partial charge in [0.1, 0.15) is 0 Å². The molecule has 0 amide bonds. The number of rotatable bonds is 3. The minimum absolute atomic E-state index is 0.178. The first-order valence-electron chi connectivity index (χ1n) is 6.83. The number of pyridine rings is 1. The third kappa shape index (κ3) is 3.28. The van der Waals surface area contributed by atoms with E-state index in [4.69, 9.17) is 27.9 Å². The van der Waals surface area contributed by atoms with Gasteiger partial charge < -0.3 is 4.74 Å². The predicted octanol–water partition coefficient (Wildman–Crippen LogP) is 3.79. The van der Waals surface area contributed by atoms with Crippen LogP contribution in [-0.4, -0.2) is 17.3 Å². The van der Waals surface area contributed by atoms with E-state index in [0.29, 0.717) is 28.3 Å². The van der Waals surface area contributed by atoms with Crippen molar-refractivity contribution in [2.75, 3.05) is 11.7 Å². The Bertz CT molecular complexity index is 655. The Balaban J connectivity index is 1.86. The third-order valence-corrected chi connectivity index (χ3v) is 3.79. The molecule has 1 aromatic carbocycles. The second-order valence-corrected chi connectivity index (χ2v) is 6.32. The van der Waals surface area contributed by atoms with Gasteiger partial charge in [0.25, 0.3) is 0 Å². The fourth-order valence-corrected chi connectivity index (χ4v) is 2.71. The lowest BCUT2D eigenvalue weighted by Gasteiger charge is -2.23. The molecule has 7 heteroatoms. The third-order valence-electron chi connectivity index (χ3n) is 3.23. The Morgan fingerprint density at radius 1 is 1.23 bits per heavy atom. The van der Waals surface area contributed by atoms with Crippen molar-refractivity contribution in [2.45, 2.75) is 19.5 Å². The van der Waals surface area contributed by atoms with Crippen LogP contribution in [0, 0.1) is 0 Å². The molecule has 5 nitrogen and oxygen atoms in total. The first kappa shape index (κ1) is 15.4. The molecule has 0 spiro atoms. The van der Waals surface area contributed by atoms with Crippen molar-refractivity contribution in [3.63, 3.8) is 0 Å². The molecule has 0 saturated carbocycles. The summed E-state index contributed by atoms with van der Waals surface area (Å²) in [7, 11) is 0. The van der Waals surface area contributed by atoms with Crippen LogP contribution >= 0.6 is 23.2 Å². The second-order valence-electron chi connectivity index (χ2n) is 5.51. The summed E-state index contributed by atoms with van der Waals surface area (Å²) < 4.78 is 5.67. The molecule has 3 rings (SSSR count). The van der Waals surface area contributed by atoms with Crippen LogP contribution < -0.4 is 20.5 Å². The number of nitrogens with zero attached hydrogens (tertiary/aromatic N) is 2. The van der Waals surface area contributed by atoms with E-state index in [2.05, 4.69) is 29.6 Å². The maximum atomic E-state index is 6.32. The molecule has 22 heavy (non-hydrogen) atoms. The molecule has 2 heterocycles. The van der Waals surface area contributed by atoms with E-state index in [9.17, 15) is 0 Å². The SMILES string of the molecule is CC1(C)NCN(c2cc(Cl)c(Oc3ccccn3)c(Cl)c2)N1. The van der Waals surface area contributed by atoms with E-state index in [1.165, 1.54) is 0 Å². The van der Waals surface area contributed by atoms with Crippen molar-refractivity contribution in [2.24, 2.45) is 0 Å². The van der Waals surface area contributed by atoms with Crippen LogP contribution in [-0.2, 0) is 0 Å². The average molecular weight is 339 g/mol. The van der Waals surface area contributed by atoms with Crippen LogP contribution in [0.1, 0.15) is 13.8 Å². The summed E-state index contributed by atoms with van der Waals surface area (Å²) in [6.07, 6.45) is 1.65. The smallest absolute Gasteiger partial charge is 0.219 e. The number of ether oxygens (including phenoxy) is 1. The molecule has 0 unspecified atom stereocenters. The van der Waals surface area contributed by atoms with E-state index in [0.717, 1.165) is 5.69 Å². The van der Waals surface area contributed by atoms with Gasteiger partial charge in [0.05, 0.1) is 28.1 Å². The number of hydrogen-bond donors (Lipinski definition) is 2. The zero-order valence-corrected chi connectivity index (χ0v) is 13.7. The lowest BCUT2D eigenvalue weighted by atomic mass is 10.3. The normalized spacial score (nSPS) is 16.8. The van der Waals surface area contributed by atoms with Gasteiger partial charge in [-0.2, -0.15) is 0 Å². The van der Waals surface area contributed by atoms with Gasteiger partial charge in [0, 0.05) is 12.3 Å². The molecule has 0 bridgehead atoms. The van der Waals surface area contributed by atoms with Gasteiger partial charge in [-0.3, -0.25) is 10.3 Å². The Morgan fingerprint density at radius 3 is 2.50 bits per heavy atom. The van der Waals surface area contributed by atoms with Crippen molar-refractivity contribution in [1.82, 2.24) is 15.7 Å². The van der Waals surface area contributed by atoms with E-state index in [-0.39, 0.29) is 5.66 Å². The Hall–Kier alpha value is -1.53. The molecule has 2 N–H and O–H groups in total. The summed E-state index contributed by atoms with van der Waals surface area (Å²) in [5.41, 5.74) is 4.01. The molecule has 2 aromatic rings. The molecular formula is C15H16Cl2N4O. The van der Waals surface area contributed by atoms with Crippen molar-refractivity contribution < 1.29 is 4.74 Å². The molecule has 0 atom stereocenters. The maximum absolute atomic E-state index is 6.32. The molecular weight excluding hydrogens is 323 g/mol. The summed E-state index contributed by atoms with van der Waals surface area (Å²) in [6, 6.07) is 9.01. The fraction of sp³-hybridized carbons (Fsp3) is 0.267. The molecule has 1 fully saturated rings. The standard InChI is InChI=1S/C15H16Cl2N4O/c1-15(2)19-9-21(20-15)10-7-11(16)14(12(17)8-10)22-13-5-3-4-6-18-13/h3-8,19-20H,9H2,1-2H3. The van der Waals surface area contributed by atoms with E-state index in [1.807, 2.05) is 29.3 Å². The highest BCUT2D eigenvalue weighted by molar-refractivity contribution is 6.37. The predicted molar refractivity (Wildman–Crippen MR) is 88.5 cm³/mol. The molecule has 1 saturated heterocycles. The van der Waals surface area contributed by atoms with E-state index < -0.39 is 0 Å². The number of nitrogens with one attached hydrogen (secondary N) is 2. The first-order chi connectivity index (χ1) is 10.4. The molecule has 1 aromatic heterocycles. The van der Waals surface area contributed by atoms with Crippen LogP contribution in [0.4, 0.5) is 5.69 Å². The summed E-state index contributed by atoms with van der Waals surface area (Å²) in [6.45, 7) is 4.75. The average Bonchev–Trinajstić information content (AvgIpc) is 2.84. The number of anilines is 1. The highest BCUT2D eigenvalue weighted by Gasteiger charge is 2.28. The largest absolute Gasteiger partial charge is 0.436 e. The Kier molecular flexibility index (Phi) is 4.14. The van der Waals surface area contributed by atoms with Crippen molar-refractivity contribution >= 4 is 28.9 Å². The molecule has 116 valence electrons. The topological polar surface area (TPSA) is 49.4 Å². The van der Waals surface area contributed by atoms with Gasteiger partial charge in [-0.1, -0.05) is 29.3 Å². The van der Waals surface area contributed by atoms with Gasteiger partial charge in [0.15, 0.2) is 5.75 Å². The highest BCUT2D eigenvalue weighted by atomic mass is 35.5. The monoisotopic (exact) mass is 338 g/mol. The number of hydrogen-bond acceptors (Lipinski definition) is 5. The van der Waals surface area contributed by atoms with Crippen LogP contribution in [0.25, 0.3) is 0 Å². The zero-order chi connectivity index (χ0) is 15.7. The minimum atomic E-state index is -0.178. The van der Waals surface area contributed by atoms with Gasteiger partial charge in [-0.15, -0.1) is 0 Å². The van der Waals surface area contributed by atoms with E-state index >= 15 is 0 Å². The lowest BCUT2D eigenvalue weighted by Crippen LogP contribution is -2.45. The Labute approximate surface area is 139 Å². The summed E-state index contributed by atoms with van der Waals surface area (Å²) in [5.74, 6) is 0.846. The van der Waals surface area contributed by atoms with E-state index in [1.54, 1.807) is 12.3 Å². The van der Waals surface area contributed by atoms with Gasteiger partial charge >= 0.3 is 0 Å². The quantitative estimate of drug-likeness (QED) is 0.891. The number of aromatic nitrogens is 1. The first-order valence-corrected chi connectivity index (χ1v) is 7.58. The lowest BCUT2D eigenvalue weighted by molar-refractivity contribution is 0.406. The summed E-state index contributed by atoms with van der Waals surface area (Å²) in [4.78, 5) is 4.10. The van der Waals surface area contributed by atoms with Crippen molar-refractivity contribution in [3.05, 3.63) is 46.6 Å². The molecule has 0 radical (unpaired) electrons.